The van der Waals surface area contributed by atoms with Crippen LogP contribution in [0.15, 0.2) is 18.2 Å². The highest BCUT2D eigenvalue weighted by Crippen LogP contribution is 2.30. The number of hydrogen-bond donors (Lipinski definition) is 2. The van der Waals surface area contributed by atoms with Crippen molar-refractivity contribution in [3.63, 3.8) is 0 Å². The zero-order chi connectivity index (χ0) is 15.4. The van der Waals surface area contributed by atoms with Crippen molar-refractivity contribution in [2.45, 2.75) is 32.0 Å². The van der Waals surface area contributed by atoms with Gasteiger partial charge in [-0.3, -0.25) is 0 Å². The molecule has 5 heteroatoms. The number of piperidine rings is 1. The van der Waals surface area contributed by atoms with E-state index in [0.717, 1.165) is 13.0 Å². The van der Waals surface area contributed by atoms with E-state index in [4.69, 9.17) is 4.74 Å². The van der Waals surface area contributed by atoms with Crippen molar-refractivity contribution in [1.29, 1.82) is 0 Å². The predicted octanol–water partition coefficient (Wildman–Crippen LogP) is 1.96. The SMILES string of the molecule is COc1cccc(F)c1C(O)CCN1CCC(C)C(O)C1. The molecule has 118 valence electrons. The minimum absolute atomic E-state index is 0.214. The molecule has 1 fully saturated rings. The maximum Gasteiger partial charge on any atom is 0.132 e. The highest BCUT2D eigenvalue weighted by Gasteiger charge is 2.25. The van der Waals surface area contributed by atoms with Gasteiger partial charge in [0.15, 0.2) is 0 Å². The molecule has 4 nitrogen and oxygen atoms in total. The zero-order valence-corrected chi connectivity index (χ0v) is 12.6. The van der Waals surface area contributed by atoms with Gasteiger partial charge in [-0.15, -0.1) is 0 Å². The van der Waals surface area contributed by atoms with Crippen LogP contribution in [-0.4, -0.2) is 48.0 Å². The molecule has 1 heterocycles. The van der Waals surface area contributed by atoms with Gasteiger partial charge in [0.1, 0.15) is 11.6 Å². The summed E-state index contributed by atoms with van der Waals surface area (Å²) in [5.74, 6) is 0.238. The Morgan fingerprint density at radius 2 is 2.24 bits per heavy atom. The van der Waals surface area contributed by atoms with Crippen molar-refractivity contribution >= 4 is 0 Å². The highest BCUT2D eigenvalue weighted by molar-refractivity contribution is 5.36. The Morgan fingerprint density at radius 3 is 2.90 bits per heavy atom. The quantitative estimate of drug-likeness (QED) is 0.872. The van der Waals surface area contributed by atoms with Crippen LogP contribution in [0, 0.1) is 11.7 Å². The fourth-order valence-electron chi connectivity index (χ4n) is 2.79. The molecule has 1 aliphatic heterocycles. The van der Waals surface area contributed by atoms with E-state index in [0.29, 0.717) is 31.2 Å². The van der Waals surface area contributed by atoms with E-state index < -0.39 is 11.9 Å². The Morgan fingerprint density at radius 1 is 1.48 bits per heavy atom. The van der Waals surface area contributed by atoms with Crippen molar-refractivity contribution in [1.82, 2.24) is 4.90 Å². The van der Waals surface area contributed by atoms with Crippen LogP contribution < -0.4 is 4.74 Å². The third-order valence-corrected chi connectivity index (χ3v) is 4.29. The molecule has 2 rings (SSSR count). The molecule has 0 radical (unpaired) electrons. The Bertz CT molecular complexity index is 469. The fraction of sp³-hybridized carbons (Fsp3) is 0.625. The lowest BCUT2D eigenvalue weighted by atomic mass is 9.95. The van der Waals surface area contributed by atoms with Crippen molar-refractivity contribution in [3.05, 3.63) is 29.6 Å². The number of β-amino-alcohol motifs (C(OH)–C–C–N with tert-alkyl or cyclic N) is 1. The maximum absolute atomic E-state index is 13.9. The van der Waals surface area contributed by atoms with Crippen LogP contribution in [0.5, 0.6) is 5.75 Å². The number of benzene rings is 1. The number of halogens is 1. The lowest BCUT2D eigenvalue weighted by molar-refractivity contribution is 0.0222. The minimum Gasteiger partial charge on any atom is -0.496 e. The lowest BCUT2D eigenvalue weighted by Gasteiger charge is -2.34. The van der Waals surface area contributed by atoms with Gasteiger partial charge >= 0.3 is 0 Å². The van der Waals surface area contributed by atoms with Gasteiger partial charge in [0.25, 0.3) is 0 Å². The molecule has 21 heavy (non-hydrogen) atoms. The summed E-state index contributed by atoms with van der Waals surface area (Å²) in [7, 11) is 1.47. The number of hydrogen-bond acceptors (Lipinski definition) is 4. The number of aliphatic hydroxyl groups excluding tert-OH is 2. The third-order valence-electron chi connectivity index (χ3n) is 4.29. The largest absolute Gasteiger partial charge is 0.496 e. The Balaban J connectivity index is 1.95. The molecule has 0 saturated carbocycles. The van der Waals surface area contributed by atoms with E-state index >= 15 is 0 Å². The first-order valence-electron chi connectivity index (χ1n) is 7.43. The zero-order valence-electron chi connectivity index (χ0n) is 12.6. The molecule has 1 aromatic carbocycles. The summed E-state index contributed by atoms with van der Waals surface area (Å²) in [6.45, 7) is 4.19. The van der Waals surface area contributed by atoms with E-state index in [-0.39, 0.29) is 11.7 Å². The topological polar surface area (TPSA) is 52.9 Å². The smallest absolute Gasteiger partial charge is 0.132 e. The van der Waals surface area contributed by atoms with Gasteiger partial charge in [0, 0.05) is 13.1 Å². The first-order valence-corrected chi connectivity index (χ1v) is 7.43. The number of rotatable bonds is 5. The minimum atomic E-state index is -0.905. The van der Waals surface area contributed by atoms with Gasteiger partial charge in [-0.1, -0.05) is 13.0 Å². The molecule has 1 aromatic rings. The third kappa shape index (κ3) is 3.93. The van der Waals surface area contributed by atoms with Gasteiger partial charge in [0.2, 0.25) is 0 Å². The van der Waals surface area contributed by atoms with Crippen molar-refractivity contribution in [2.75, 3.05) is 26.7 Å². The first kappa shape index (κ1) is 16.2. The molecule has 0 spiro atoms. The van der Waals surface area contributed by atoms with Crippen LogP contribution in [0.3, 0.4) is 0 Å². The van der Waals surface area contributed by atoms with Crippen LogP contribution in [0.1, 0.15) is 31.4 Å². The molecule has 0 bridgehead atoms. The van der Waals surface area contributed by atoms with Gasteiger partial charge < -0.3 is 19.8 Å². The van der Waals surface area contributed by atoms with Crippen LogP contribution in [0.2, 0.25) is 0 Å². The van der Waals surface area contributed by atoms with E-state index in [1.165, 1.54) is 13.2 Å². The predicted molar refractivity (Wildman–Crippen MR) is 78.8 cm³/mol. The van der Waals surface area contributed by atoms with Crippen molar-refractivity contribution < 1.29 is 19.3 Å². The summed E-state index contributed by atoms with van der Waals surface area (Å²) in [5, 5.41) is 20.1. The van der Waals surface area contributed by atoms with Gasteiger partial charge in [-0.2, -0.15) is 0 Å². The van der Waals surface area contributed by atoms with E-state index in [9.17, 15) is 14.6 Å². The first-order chi connectivity index (χ1) is 10.0. The molecule has 3 atom stereocenters. The molecule has 2 N–H and O–H groups in total. The summed E-state index contributed by atoms with van der Waals surface area (Å²) in [4.78, 5) is 2.11. The molecule has 1 aliphatic rings. The average Bonchev–Trinajstić information content (AvgIpc) is 2.47. The molecule has 0 aliphatic carbocycles. The number of likely N-dealkylation sites (tertiary alicyclic amines) is 1. The molecule has 3 unspecified atom stereocenters. The standard InChI is InChI=1S/C16H24FNO3/c1-11-6-8-18(10-14(11)20)9-7-13(19)16-12(17)4-3-5-15(16)21-2/h3-5,11,13-14,19-20H,6-10H2,1-2H3. The molecule has 1 saturated heterocycles. The van der Waals surface area contributed by atoms with Crippen molar-refractivity contribution in [2.24, 2.45) is 5.92 Å². The summed E-state index contributed by atoms with van der Waals surface area (Å²) in [6, 6.07) is 4.54. The average molecular weight is 297 g/mol. The van der Waals surface area contributed by atoms with Crippen molar-refractivity contribution in [3.8, 4) is 5.75 Å². The number of nitrogens with zero attached hydrogens (tertiary/aromatic N) is 1. The van der Waals surface area contributed by atoms with Crippen LogP contribution in [0.25, 0.3) is 0 Å². The second-order valence-corrected chi connectivity index (χ2v) is 5.79. The van der Waals surface area contributed by atoms with E-state index in [1.807, 2.05) is 6.92 Å². The van der Waals surface area contributed by atoms with Crippen LogP contribution >= 0.6 is 0 Å². The Labute approximate surface area is 125 Å². The van der Waals surface area contributed by atoms with Crippen LogP contribution in [-0.2, 0) is 0 Å². The molecular formula is C16H24FNO3. The summed E-state index contributed by atoms with van der Waals surface area (Å²) >= 11 is 0. The fourth-order valence-corrected chi connectivity index (χ4v) is 2.79. The molecule has 0 aromatic heterocycles. The van der Waals surface area contributed by atoms with Crippen LogP contribution in [0.4, 0.5) is 4.39 Å². The Kier molecular flexibility index (Phi) is 5.56. The van der Waals surface area contributed by atoms with Gasteiger partial charge in [0.05, 0.1) is 24.9 Å². The Hall–Kier alpha value is -1.17. The monoisotopic (exact) mass is 297 g/mol. The normalized spacial score (nSPS) is 24.8. The summed E-state index contributed by atoms with van der Waals surface area (Å²) in [6.07, 6.45) is 0.134. The van der Waals surface area contributed by atoms with Gasteiger partial charge in [-0.25, -0.2) is 4.39 Å². The number of ether oxygens (including phenoxy) is 1. The summed E-state index contributed by atoms with van der Waals surface area (Å²) < 4.78 is 19.0. The highest BCUT2D eigenvalue weighted by atomic mass is 19.1. The number of methoxy groups -OCH3 is 1. The second-order valence-electron chi connectivity index (χ2n) is 5.79. The van der Waals surface area contributed by atoms with Gasteiger partial charge in [-0.05, 0) is 37.4 Å². The van der Waals surface area contributed by atoms with E-state index in [2.05, 4.69) is 4.90 Å². The molecule has 0 amide bonds. The summed E-state index contributed by atoms with van der Waals surface area (Å²) in [5.41, 5.74) is 0.214. The van der Waals surface area contributed by atoms with E-state index in [1.54, 1.807) is 12.1 Å². The maximum atomic E-state index is 13.9. The number of aliphatic hydroxyl groups is 2. The second kappa shape index (κ2) is 7.20. The molecular weight excluding hydrogens is 273 g/mol. The lowest BCUT2D eigenvalue weighted by Crippen LogP contribution is -2.43.